The molecule has 0 heterocycles. The van der Waals surface area contributed by atoms with E-state index in [1.54, 1.807) is 23.1 Å². The molecule has 18 heavy (non-hydrogen) atoms. The Kier molecular flexibility index (Phi) is 5.40. The number of hydrogen-bond donors (Lipinski definition) is 1. The van der Waals surface area contributed by atoms with Crippen molar-refractivity contribution in [3.05, 3.63) is 30.1 Å². The predicted octanol–water partition coefficient (Wildman–Crippen LogP) is 2.80. The maximum absolute atomic E-state index is 13.5. The molecule has 1 aromatic rings. The van der Waals surface area contributed by atoms with Gasteiger partial charge in [-0.3, -0.25) is 0 Å². The van der Waals surface area contributed by atoms with Gasteiger partial charge in [0.2, 0.25) is 0 Å². The number of likely N-dealkylation sites (N-methyl/N-ethyl adjacent to an activating group) is 1. The molecule has 1 N–H and O–H groups in total. The SMILES string of the molecule is CCN(CCNCC(F)(F)F)c1ccccc1F. The van der Waals surface area contributed by atoms with Crippen LogP contribution in [0, 0.1) is 5.82 Å². The van der Waals surface area contributed by atoms with E-state index in [2.05, 4.69) is 5.32 Å². The lowest BCUT2D eigenvalue weighted by atomic mass is 10.2. The number of para-hydroxylation sites is 1. The van der Waals surface area contributed by atoms with Gasteiger partial charge in [0.05, 0.1) is 12.2 Å². The summed E-state index contributed by atoms with van der Waals surface area (Å²) in [6.45, 7) is 1.82. The van der Waals surface area contributed by atoms with E-state index in [0.717, 1.165) is 0 Å². The average molecular weight is 264 g/mol. The summed E-state index contributed by atoms with van der Waals surface area (Å²) >= 11 is 0. The monoisotopic (exact) mass is 264 g/mol. The van der Waals surface area contributed by atoms with Crippen molar-refractivity contribution in [1.82, 2.24) is 5.32 Å². The number of alkyl halides is 3. The fraction of sp³-hybridized carbons (Fsp3) is 0.500. The molecule has 0 saturated heterocycles. The molecule has 0 saturated carbocycles. The van der Waals surface area contributed by atoms with Gasteiger partial charge in [-0.05, 0) is 19.1 Å². The second-order valence-electron chi connectivity index (χ2n) is 3.82. The van der Waals surface area contributed by atoms with Crippen LogP contribution in [0.5, 0.6) is 0 Å². The Hall–Kier alpha value is -1.30. The van der Waals surface area contributed by atoms with E-state index < -0.39 is 12.7 Å². The molecule has 0 atom stereocenters. The highest BCUT2D eigenvalue weighted by atomic mass is 19.4. The molecule has 102 valence electrons. The van der Waals surface area contributed by atoms with Crippen LogP contribution in [0.1, 0.15) is 6.92 Å². The molecule has 0 unspecified atom stereocenters. The van der Waals surface area contributed by atoms with Gasteiger partial charge in [-0.25, -0.2) is 4.39 Å². The van der Waals surface area contributed by atoms with E-state index in [4.69, 9.17) is 0 Å². The molecular formula is C12H16F4N2. The van der Waals surface area contributed by atoms with Gasteiger partial charge in [-0.15, -0.1) is 0 Å². The first kappa shape index (κ1) is 14.8. The second kappa shape index (κ2) is 6.58. The number of halogens is 4. The Morgan fingerprint density at radius 3 is 2.44 bits per heavy atom. The molecule has 0 fully saturated rings. The van der Waals surface area contributed by atoms with Gasteiger partial charge in [0.15, 0.2) is 0 Å². The molecule has 0 aliphatic heterocycles. The lowest BCUT2D eigenvalue weighted by Crippen LogP contribution is -2.36. The van der Waals surface area contributed by atoms with Crippen molar-refractivity contribution < 1.29 is 17.6 Å². The summed E-state index contributed by atoms with van der Waals surface area (Å²) in [7, 11) is 0. The summed E-state index contributed by atoms with van der Waals surface area (Å²) in [5, 5.41) is 2.29. The van der Waals surface area contributed by atoms with E-state index in [1.165, 1.54) is 6.07 Å². The summed E-state index contributed by atoms with van der Waals surface area (Å²) in [4.78, 5) is 1.69. The molecule has 1 rings (SSSR count). The average Bonchev–Trinajstić information content (AvgIpc) is 2.29. The molecule has 0 bridgehead atoms. The molecule has 0 spiro atoms. The molecule has 2 nitrogen and oxygen atoms in total. The Labute approximate surface area is 104 Å². The number of anilines is 1. The van der Waals surface area contributed by atoms with Gasteiger partial charge in [0.25, 0.3) is 0 Å². The van der Waals surface area contributed by atoms with Crippen LogP contribution in [0.3, 0.4) is 0 Å². The number of benzene rings is 1. The van der Waals surface area contributed by atoms with Crippen molar-refractivity contribution in [3.63, 3.8) is 0 Å². The third-order valence-electron chi connectivity index (χ3n) is 2.46. The zero-order valence-electron chi connectivity index (χ0n) is 10.1. The van der Waals surface area contributed by atoms with E-state index in [9.17, 15) is 17.6 Å². The molecule has 6 heteroatoms. The fourth-order valence-electron chi connectivity index (χ4n) is 1.60. The summed E-state index contributed by atoms with van der Waals surface area (Å²) < 4.78 is 49.2. The number of rotatable bonds is 6. The molecule has 0 amide bonds. The standard InChI is InChI=1S/C12H16F4N2/c1-2-18(8-7-17-9-12(14,15)16)11-6-4-3-5-10(11)13/h3-6,17H,2,7-9H2,1H3. The van der Waals surface area contributed by atoms with Crippen LogP contribution >= 0.6 is 0 Å². The van der Waals surface area contributed by atoms with Crippen LogP contribution in [0.2, 0.25) is 0 Å². The van der Waals surface area contributed by atoms with Gasteiger partial charge in [-0.2, -0.15) is 13.2 Å². The lowest BCUT2D eigenvalue weighted by Gasteiger charge is -2.23. The quantitative estimate of drug-likeness (QED) is 0.628. The second-order valence-corrected chi connectivity index (χ2v) is 3.82. The van der Waals surface area contributed by atoms with E-state index in [-0.39, 0.29) is 12.4 Å². The fourth-order valence-corrected chi connectivity index (χ4v) is 1.60. The van der Waals surface area contributed by atoms with Crippen LogP contribution in [-0.4, -0.2) is 32.4 Å². The van der Waals surface area contributed by atoms with Gasteiger partial charge < -0.3 is 10.2 Å². The number of hydrogen-bond acceptors (Lipinski definition) is 2. The highest BCUT2D eigenvalue weighted by Gasteiger charge is 2.26. The van der Waals surface area contributed by atoms with Crippen molar-refractivity contribution in [2.75, 3.05) is 31.1 Å². The summed E-state index contributed by atoms with van der Waals surface area (Å²) in [6, 6.07) is 6.22. The minimum absolute atomic E-state index is 0.154. The maximum Gasteiger partial charge on any atom is 0.401 e. The lowest BCUT2D eigenvalue weighted by molar-refractivity contribution is -0.124. The van der Waals surface area contributed by atoms with Crippen molar-refractivity contribution in [2.24, 2.45) is 0 Å². The van der Waals surface area contributed by atoms with Crippen molar-refractivity contribution in [2.45, 2.75) is 13.1 Å². The first-order valence-corrected chi connectivity index (χ1v) is 5.71. The van der Waals surface area contributed by atoms with Gasteiger partial charge in [0.1, 0.15) is 5.82 Å². The Morgan fingerprint density at radius 2 is 1.89 bits per heavy atom. The Balaban J connectivity index is 2.46. The van der Waals surface area contributed by atoms with Crippen molar-refractivity contribution in [1.29, 1.82) is 0 Å². The van der Waals surface area contributed by atoms with Crippen molar-refractivity contribution in [3.8, 4) is 0 Å². The van der Waals surface area contributed by atoms with Crippen LogP contribution in [0.25, 0.3) is 0 Å². The first-order valence-electron chi connectivity index (χ1n) is 5.71. The third kappa shape index (κ3) is 4.91. The zero-order chi connectivity index (χ0) is 13.6. The number of nitrogens with one attached hydrogen (secondary N) is 1. The molecule has 0 radical (unpaired) electrons. The van der Waals surface area contributed by atoms with Gasteiger partial charge >= 0.3 is 6.18 Å². The summed E-state index contributed by atoms with van der Waals surface area (Å²) in [6.07, 6.45) is -4.21. The highest BCUT2D eigenvalue weighted by Crippen LogP contribution is 2.17. The van der Waals surface area contributed by atoms with Crippen molar-refractivity contribution >= 4 is 5.69 Å². The Bertz CT molecular complexity index is 365. The smallest absolute Gasteiger partial charge is 0.368 e. The van der Waals surface area contributed by atoms with Gasteiger partial charge in [-0.1, -0.05) is 12.1 Å². The zero-order valence-corrected chi connectivity index (χ0v) is 10.1. The molecule has 0 aliphatic rings. The molecule has 0 aliphatic carbocycles. The van der Waals surface area contributed by atoms with Crippen LogP contribution < -0.4 is 10.2 Å². The normalized spacial score (nSPS) is 11.6. The summed E-state index contributed by atoms with van der Waals surface area (Å²) in [5.74, 6) is -0.366. The Morgan fingerprint density at radius 1 is 1.22 bits per heavy atom. The van der Waals surface area contributed by atoms with Gasteiger partial charge in [0, 0.05) is 19.6 Å². The van der Waals surface area contributed by atoms with E-state index >= 15 is 0 Å². The third-order valence-corrected chi connectivity index (χ3v) is 2.46. The number of nitrogens with zero attached hydrogens (tertiary/aromatic N) is 1. The van der Waals surface area contributed by atoms with E-state index in [1.807, 2.05) is 6.92 Å². The maximum atomic E-state index is 13.5. The van der Waals surface area contributed by atoms with Crippen LogP contribution in [0.15, 0.2) is 24.3 Å². The molecule has 0 aromatic heterocycles. The minimum atomic E-state index is -4.21. The molecule has 1 aromatic carbocycles. The van der Waals surface area contributed by atoms with Crippen LogP contribution in [0.4, 0.5) is 23.2 Å². The molecular weight excluding hydrogens is 248 g/mol. The minimum Gasteiger partial charge on any atom is -0.368 e. The topological polar surface area (TPSA) is 15.3 Å². The predicted molar refractivity (Wildman–Crippen MR) is 63.2 cm³/mol. The first-order chi connectivity index (χ1) is 8.44. The highest BCUT2D eigenvalue weighted by molar-refractivity contribution is 5.47. The summed E-state index contributed by atoms with van der Waals surface area (Å²) in [5.41, 5.74) is 0.411. The largest absolute Gasteiger partial charge is 0.401 e. The van der Waals surface area contributed by atoms with E-state index in [0.29, 0.717) is 18.8 Å². The van der Waals surface area contributed by atoms with Crippen LogP contribution in [-0.2, 0) is 0 Å².